The molecule has 0 radical (unpaired) electrons. The number of ether oxygens (including phenoxy) is 2. The van der Waals surface area contributed by atoms with Crippen LogP contribution in [0.2, 0.25) is 0 Å². The summed E-state index contributed by atoms with van der Waals surface area (Å²) in [6.07, 6.45) is 1.56. The zero-order valence-corrected chi connectivity index (χ0v) is 22.9. The Morgan fingerprint density at radius 2 is 1.82 bits per heavy atom. The van der Waals surface area contributed by atoms with E-state index in [0.29, 0.717) is 29.5 Å². The number of nitrogens with one attached hydrogen (secondary N) is 1. The number of hydrogen-bond donors (Lipinski definition) is 2. The standard InChI is InChI=1S/C28H33N5O5S/c1-19-16-24(9-10-25(19)31-39(29,35)36)38-27-11-8-22(20(2)30-27)17-32-14-12-23(13-15-32)33-26(18-37-28(33)34)21-6-4-3-5-7-21/h3-11,16,23,26,31H,12-15,17-18H2,1-2H3,(H2,29,35,36)/t26-/m0/s1. The van der Waals surface area contributed by atoms with E-state index in [1.54, 1.807) is 25.1 Å². The summed E-state index contributed by atoms with van der Waals surface area (Å²) in [6, 6.07) is 19.1. The quantitative estimate of drug-likeness (QED) is 0.428. The molecule has 2 aromatic carbocycles. The molecule has 2 fully saturated rings. The molecule has 1 amide bonds. The maximum atomic E-state index is 12.6. The van der Waals surface area contributed by atoms with Crippen LogP contribution in [-0.4, -0.2) is 55.0 Å². The number of aryl methyl sites for hydroxylation is 2. The molecule has 0 spiro atoms. The van der Waals surface area contributed by atoms with Crippen molar-refractivity contribution in [1.29, 1.82) is 0 Å². The van der Waals surface area contributed by atoms with E-state index in [2.05, 4.69) is 26.7 Å². The minimum atomic E-state index is -3.85. The van der Waals surface area contributed by atoms with E-state index in [1.807, 2.05) is 42.2 Å². The van der Waals surface area contributed by atoms with Crippen molar-refractivity contribution in [3.05, 3.63) is 83.0 Å². The molecule has 2 saturated heterocycles. The van der Waals surface area contributed by atoms with Gasteiger partial charge in [-0.2, -0.15) is 8.42 Å². The van der Waals surface area contributed by atoms with Gasteiger partial charge in [0.15, 0.2) is 0 Å². The summed E-state index contributed by atoms with van der Waals surface area (Å²) in [6.45, 7) is 6.66. The molecule has 11 heteroatoms. The number of nitrogens with two attached hydrogens (primary N) is 1. The van der Waals surface area contributed by atoms with Gasteiger partial charge in [-0.25, -0.2) is 14.9 Å². The lowest BCUT2D eigenvalue weighted by molar-refractivity contribution is 0.104. The second-order valence-corrected chi connectivity index (χ2v) is 11.3. The van der Waals surface area contributed by atoms with E-state index in [0.717, 1.165) is 49.3 Å². The van der Waals surface area contributed by atoms with Crippen molar-refractivity contribution in [3.8, 4) is 11.6 Å². The van der Waals surface area contributed by atoms with Gasteiger partial charge in [-0.15, -0.1) is 0 Å². The Morgan fingerprint density at radius 1 is 1.08 bits per heavy atom. The largest absolute Gasteiger partial charge is 0.447 e. The molecule has 5 rings (SSSR count). The maximum Gasteiger partial charge on any atom is 0.410 e. The van der Waals surface area contributed by atoms with Gasteiger partial charge in [-0.1, -0.05) is 36.4 Å². The summed E-state index contributed by atoms with van der Waals surface area (Å²) >= 11 is 0. The van der Waals surface area contributed by atoms with Crippen LogP contribution in [0.1, 0.15) is 41.3 Å². The summed E-state index contributed by atoms with van der Waals surface area (Å²) in [4.78, 5) is 21.5. The summed E-state index contributed by atoms with van der Waals surface area (Å²) in [7, 11) is -3.85. The van der Waals surface area contributed by atoms with E-state index in [1.165, 1.54) is 0 Å². The number of anilines is 1. The molecule has 39 heavy (non-hydrogen) atoms. The number of aromatic nitrogens is 1. The monoisotopic (exact) mass is 551 g/mol. The third kappa shape index (κ3) is 6.49. The number of pyridine rings is 1. The second-order valence-electron chi connectivity index (χ2n) is 10.0. The van der Waals surface area contributed by atoms with Crippen LogP contribution < -0.4 is 14.6 Å². The zero-order chi connectivity index (χ0) is 27.6. The molecule has 1 aromatic heterocycles. The SMILES string of the molecule is Cc1cc(Oc2ccc(CN3CCC(N4C(=O)OC[C@H]4c4ccccc4)CC3)c(C)n2)ccc1NS(N)(=O)=O. The number of rotatable bonds is 8. The van der Waals surface area contributed by atoms with Gasteiger partial charge < -0.3 is 9.47 Å². The van der Waals surface area contributed by atoms with Crippen LogP contribution in [0.15, 0.2) is 60.7 Å². The molecular formula is C28H33N5O5S. The Morgan fingerprint density at radius 3 is 2.49 bits per heavy atom. The van der Waals surface area contributed by atoms with Crippen LogP contribution in [0.4, 0.5) is 10.5 Å². The highest BCUT2D eigenvalue weighted by molar-refractivity contribution is 7.90. The second kappa shape index (κ2) is 11.2. The Balaban J connectivity index is 1.17. The third-order valence-corrected chi connectivity index (χ3v) is 7.79. The number of amides is 1. The lowest BCUT2D eigenvalue weighted by Crippen LogP contribution is -2.46. The van der Waals surface area contributed by atoms with Crippen LogP contribution in [-0.2, 0) is 21.5 Å². The molecule has 1 atom stereocenters. The molecule has 0 aliphatic carbocycles. The highest BCUT2D eigenvalue weighted by atomic mass is 32.2. The molecule has 3 heterocycles. The van der Waals surface area contributed by atoms with E-state index >= 15 is 0 Å². The molecule has 0 bridgehead atoms. The van der Waals surface area contributed by atoms with Crippen molar-refractivity contribution in [1.82, 2.24) is 14.8 Å². The molecule has 0 saturated carbocycles. The van der Waals surface area contributed by atoms with Crippen LogP contribution in [0, 0.1) is 13.8 Å². The van der Waals surface area contributed by atoms with Gasteiger partial charge in [0, 0.05) is 37.4 Å². The molecule has 2 aliphatic heterocycles. The van der Waals surface area contributed by atoms with Crippen LogP contribution >= 0.6 is 0 Å². The van der Waals surface area contributed by atoms with Gasteiger partial charge >= 0.3 is 6.09 Å². The molecule has 3 aromatic rings. The minimum absolute atomic E-state index is 0.0285. The first-order chi connectivity index (χ1) is 18.7. The number of nitrogens with zero attached hydrogens (tertiary/aromatic N) is 3. The van der Waals surface area contributed by atoms with E-state index in [4.69, 9.17) is 14.6 Å². The smallest absolute Gasteiger partial charge is 0.410 e. The lowest BCUT2D eigenvalue weighted by atomic mass is 9.98. The van der Waals surface area contributed by atoms with Crippen LogP contribution in [0.25, 0.3) is 0 Å². The molecular weight excluding hydrogens is 518 g/mol. The number of likely N-dealkylation sites (tertiary alicyclic amines) is 1. The van der Waals surface area contributed by atoms with Gasteiger partial charge in [-0.3, -0.25) is 14.5 Å². The summed E-state index contributed by atoms with van der Waals surface area (Å²) in [5.41, 5.74) is 4.18. The summed E-state index contributed by atoms with van der Waals surface area (Å²) < 4.78 is 36.2. The fourth-order valence-corrected chi connectivity index (χ4v) is 5.78. The average Bonchev–Trinajstić information content (AvgIpc) is 3.29. The van der Waals surface area contributed by atoms with E-state index < -0.39 is 10.2 Å². The predicted molar refractivity (Wildman–Crippen MR) is 148 cm³/mol. The number of piperidine rings is 1. The molecule has 2 aliphatic rings. The lowest BCUT2D eigenvalue weighted by Gasteiger charge is -2.38. The number of carbonyl (C=O) groups excluding carboxylic acids is 1. The summed E-state index contributed by atoms with van der Waals surface area (Å²) in [5, 5.41) is 5.06. The number of hydrogen-bond acceptors (Lipinski definition) is 7. The minimum Gasteiger partial charge on any atom is -0.447 e. The van der Waals surface area contributed by atoms with Crippen molar-refractivity contribution >= 4 is 22.0 Å². The Hall–Kier alpha value is -3.67. The molecule has 3 N–H and O–H groups in total. The molecule has 206 valence electrons. The fraction of sp³-hybridized carbons (Fsp3) is 0.357. The van der Waals surface area contributed by atoms with Crippen molar-refractivity contribution in [2.45, 2.75) is 45.3 Å². The maximum absolute atomic E-state index is 12.6. The van der Waals surface area contributed by atoms with Gasteiger partial charge in [0.1, 0.15) is 12.4 Å². The van der Waals surface area contributed by atoms with Gasteiger partial charge in [-0.05, 0) is 61.6 Å². The zero-order valence-electron chi connectivity index (χ0n) is 22.0. The fourth-order valence-electron chi connectivity index (χ4n) is 5.24. The number of benzene rings is 2. The number of cyclic esters (lactones) is 1. The first kappa shape index (κ1) is 26.9. The van der Waals surface area contributed by atoms with E-state index in [-0.39, 0.29) is 18.2 Å². The van der Waals surface area contributed by atoms with E-state index in [9.17, 15) is 13.2 Å². The normalized spacial score (nSPS) is 18.7. The van der Waals surface area contributed by atoms with Crippen molar-refractivity contribution in [2.24, 2.45) is 5.14 Å². The predicted octanol–water partition coefficient (Wildman–Crippen LogP) is 4.26. The first-order valence-electron chi connectivity index (χ1n) is 12.9. The van der Waals surface area contributed by atoms with Crippen molar-refractivity contribution in [3.63, 3.8) is 0 Å². The molecule has 0 unspecified atom stereocenters. The number of carbonyl (C=O) groups is 1. The van der Waals surface area contributed by atoms with Gasteiger partial charge in [0.2, 0.25) is 5.88 Å². The van der Waals surface area contributed by atoms with Crippen molar-refractivity contribution in [2.75, 3.05) is 24.4 Å². The molecule has 10 nitrogen and oxygen atoms in total. The highest BCUT2D eigenvalue weighted by Gasteiger charge is 2.40. The third-order valence-electron chi connectivity index (χ3n) is 7.28. The Kier molecular flexibility index (Phi) is 7.74. The summed E-state index contributed by atoms with van der Waals surface area (Å²) in [5.74, 6) is 1.00. The topological polar surface area (TPSA) is 127 Å². The van der Waals surface area contributed by atoms with Crippen LogP contribution in [0.5, 0.6) is 11.6 Å². The highest BCUT2D eigenvalue weighted by Crippen LogP contribution is 2.33. The Bertz CT molecular complexity index is 1440. The van der Waals surface area contributed by atoms with Crippen molar-refractivity contribution < 1.29 is 22.7 Å². The Labute approximate surface area is 228 Å². The first-order valence-corrected chi connectivity index (χ1v) is 14.5. The van der Waals surface area contributed by atoms with Crippen LogP contribution in [0.3, 0.4) is 0 Å². The average molecular weight is 552 g/mol. The van der Waals surface area contributed by atoms with Gasteiger partial charge in [0.25, 0.3) is 10.2 Å². The van der Waals surface area contributed by atoms with Gasteiger partial charge in [0.05, 0.1) is 11.7 Å².